The summed E-state index contributed by atoms with van der Waals surface area (Å²) in [6, 6.07) is 9.54. The van der Waals surface area contributed by atoms with Crippen molar-refractivity contribution in [3.05, 3.63) is 36.0 Å². The SMILES string of the molecule is CCCCN(C)C(=O)C1(c2cc(-c3cccc(OC)c3)on2)CC1. The second kappa shape index (κ2) is 6.67. The number of carbonyl (C=O) groups is 1. The summed E-state index contributed by atoms with van der Waals surface area (Å²) in [6.45, 7) is 2.92. The summed E-state index contributed by atoms with van der Waals surface area (Å²) in [5.41, 5.74) is 1.16. The molecule has 1 aliphatic rings. The van der Waals surface area contributed by atoms with Crippen LogP contribution in [0, 0.1) is 0 Å². The van der Waals surface area contributed by atoms with E-state index in [4.69, 9.17) is 9.26 Å². The average Bonchev–Trinajstić information content (AvgIpc) is 3.28. The van der Waals surface area contributed by atoms with Crippen LogP contribution in [0.5, 0.6) is 5.75 Å². The van der Waals surface area contributed by atoms with Gasteiger partial charge in [0, 0.05) is 25.2 Å². The smallest absolute Gasteiger partial charge is 0.234 e. The molecule has 0 bridgehead atoms. The number of hydrogen-bond donors (Lipinski definition) is 0. The minimum absolute atomic E-state index is 0.154. The Morgan fingerprint density at radius 2 is 2.17 bits per heavy atom. The zero-order valence-corrected chi connectivity index (χ0v) is 14.5. The van der Waals surface area contributed by atoms with Crippen LogP contribution in [0.4, 0.5) is 0 Å². The van der Waals surface area contributed by atoms with Gasteiger partial charge in [0.25, 0.3) is 0 Å². The number of carbonyl (C=O) groups excluding carboxylic acids is 1. The highest BCUT2D eigenvalue weighted by atomic mass is 16.5. The van der Waals surface area contributed by atoms with E-state index in [1.54, 1.807) is 7.11 Å². The fraction of sp³-hybridized carbons (Fsp3) is 0.474. The Labute approximate surface area is 142 Å². The maximum Gasteiger partial charge on any atom is 0.234 e. The van der Waals surface area contributed by atoms with Gasteiger partial charge in [-0.15, -0.1) is 0 Å². The van der Waals surface area contributed by atoms with Crippen molar-refractivity contribution in [3.8, 4) is 17.1 Å². The van der Waals surface area contributed by atoms with Crippen molar-refractivity contribution >= 4 is 5.91 Å². The number of ether oxygens (including phenoxy) is 1. The molecule has 1 aromatic carbocycles. The number of amides is 1. The summed E-state index contributed by atoms with van der Waals surface area (Å²) in [5.74, 6) is 1.59. The molecule has 24 heavy (non-hydrogen) atoms. The summed E-state index contributed by atoms with van der Waals surface area (Å²) in [5, 5.41) is 4.20. The first-order valence-electron chi connectivity index (χ1n) is 8.48. The molecule has 1 heterocycles. The van der Waals surface area contributed by atoms with E-state index in [1.165, 1.54) is 0 Å². The number of likely N-dealkylation sites (N-methyl/N-ethyl adjacent to an activating group) is 1. The number of rotatable bonds is 7. The Morgan fingerprint density at radius 3 is 2.83 bits per heavy atom. The lowest BCUT2D eigenvalue weighted by Gasteiger charge is -2.21. The average molecular weight is 328 g/mol. The Kier molecular flexibility index (Phi) is 4.60. The highest BCUT2D eigenvalue weighted by molar-refractivity contribution is 5.90. The minimum Gasteiger partial charge on any atom is -0.497 e. The Balaban J connectivity index is 1.81. The van der Waals surface area contributed by atoms with Crippen molar-refractivity contribution in [2.24, 2.45) is 0 Å². The molecule has 1 amide bonds. The van der Waals surface area contributed by atoms with Crippen LogP contribution in [0.25, 0.3) is 11.3 Å². The maximum absolute atomic E-state index is 12.8. The van der Waals surface area contributed by atoms with Crippen LogP contribution in [0.1, 0.15) is 38.3 Å². The zero-order valence-electron chi connectivity index (χ0n) is 14.5. The second-order valence-corrected chi connectivity index (χ2v) is 6.47. The molecule has 3 rings (SSSR count). The third kappa shape index (κ3) is 3.03. The minimum atomic E-state index is -0.483. The van der Waals surface area contributed by atoms with Gasteiger partial charge in [0.1, 0.15) is 5.75 Å². The molecule has 0 N–H and O–H groups in total. The monoisotopic (exact) mass is 328 g/mol. The van der Waals surface area contributed by atoms with E-state index >= 15 is 0 Å². The van der Waals surface area contributed by atoms with E-state index in [9.17, 15) is 4.79 Å². The Morgan fingerprint density at radius 1 is 1.38 bits per heavy atom. The molecule has 1 aromatic heterocycles. The van der Waals surface area contributed by atoms with Crippen molar-refractivity contribution in [1.82, 2.24) is 10.1 Å². The summed E-state index contributed by atoms with van der Waals surface area (Å²) >= 11 is 0. The molecule has 5 heteroatoms. The van der Waals surface area contributed by atoms with Gasteiger partial charge in [-0.25, -0.2) is 0 Å². The van der Waals surface area contributed by atoms with E-state index in [0.29, 0.717) is 5.76 Å². The Bertz CT molecular complexity index is 719. The lowest BCUT2D eigenvalue weighted by Crippen LogP contribution is -2.37. The number of aromatic nitrogens is 1. The normalized spacial score (nSPS) is 15.1. The molecule has 1 aliphatic carbocycles. The van der Waals surface area contributed by atoms with E-state index in [0.717, 1.165) is 49.2 Å². The highest BCUT2D eigenvalue weighted by Gasteiger charge is 2.54. The van der Waals surface area contributed by atoms with Gasteiger partial charge in [-0.05, 0) is 31.4 Å². The van der Waals surface area contributed by atoms with Gasteiger partial charge in [-0.2, -0.15) is 0 Å². The van der Waals surface area contributed by atoms with Crippen LogP contribution in [0.15, 0.2) is 34.9 Å². The first kappa shape index (κ1) is 16.6. The lowest BCUT2D eigenvalue weighted by molar-refractivity contribution is -0.132. The third-order valence-corrected chi connectivity index (χ3v) is 4.71. The maximum atomic E-state index is 12.8. The van der Waals surface area contributed by atoms with Crippen LogP contribution in [-0.2, 0) is 10.2 Å². The standard InChI is InChI=1S/C19H24N2O3/c1-4-5-11-21(2)18(22)19(9-10-19)17-13-16(24-20-17)14-7-6-8-15(12-14)23-3/h6-8,12-13H,4-5,9-11H2,1-3H3. The molecule has 2 aromatic rings. The molecular formula is C19H24N2O3. The van der Waals surface area contributed by atoms with E-state index in [-0.39, 0.29) is 5.91 Å². The predicted octanol–water partition coefficient (Wildman–Crippen LogP) is 3.64. The fourth-order valence-corrected chi connectivity index (χ4v) is 2.98. The van der Waals surface area contributed by atoms with Crippen LogP contribution in [0.2, 0.25) is 0 Å². The number of benzene rings is 1. The summed E-state index contributed by atoms with van der Waals surface area (Å²) in [7, 11) is 3.51. The van der Waals surface area contributed by atoms with Gasteiger partial charge in [-0.3, -0.25) is 4.79 Å². The molecule has 0 atom stereocenters. The van der Waals surface area contributed by atoms with E-state index < -0.39 is 5.41 Å². The van der Waals surface area contributed by atoms with Crippen molar-refractivity contribution in [1.29, 1.82) is 0 Å². The lowest BCUT2D eigenvalue weighted by atomic mass is 9.99. The second-order valence-electron chi connectivity index (χ2n) is 6.47. The van der Waals surface area contributed by atoms with Gasteiger partial charge in [0.15, 0.2) is 5.76 Å². The van der Waals surface area contributed by atoms with E-state index in [1.807, 2.05) is 42.3 Å². The first-order valence-corrected chi connectivity index (χ1v) is 8.48. The van der Waals surface area contributed by atoms with Gasteiger partial charge in [-0.1, -0.05) is 30.6 Å². The molecular weight excluding hydrogens is 304 g/mol. The molecule has 5 nitrogen and oxygen atoms in total. The van der Waals surface area contributed by atoms with Gasteiger partial charge < -0.3 is 14.2 Å². The molecule has 0 spiro atoms. The molecule has 0 radical (unpaired) electrons. The molecule has 1 saturated carbocycles. The van der Waals surface area contributed by atoms with Crippen molar-refractivity contribution in [2.45, 2.75) is 38.0 Å². The number of unbranched alkanes of at least 4 members (excludes halogenated alkanes) is 1. The fourth-order valence-electron chi connectivity index (χ4n) is 2.98. The van der Waals surface area contributed by atoms with Gasteiger partial charge in [0.05, 0.1) is 18.2 Å². The number of hydrogen-bond acceptors (Lipinski definition) is 4. The Hall–Kier alpha value is -2.30. The van der Waals surface area contributed by atoms with Crippen molar-refractivity contribution in [2.75, 3.05) is 20.7 Å². The van der Waals surface area contributed by atoms with Crippen molar-refractivity contribution in [3.63, 3.8) is 0 Å². The van der Waals surface area contributed by atoms with Crippen LogP contribution in [0.3, 0.4) is 0 Å². The van der Waals surface area contributed by atoms with Crippen LogP contribution >= 0.6 is 0 Å². The summed E-state index contributed by atoms with van der Waals surface area (Å²) < 4.78 is 10.8. The molecule has 0 unspecified atom stereocenters. The van der Waals surface area contributed by atoms with Gasteiger partial charge >= 0.3 is 0 Å². The zero-order chi connectivity index (χ0) is 17.2. The number of methoxy groups -OCH3 is 1. The number of nitrogens with zero attached hydrogens (tertiary/aromatic N) is 2. The third-order valence-electron chi connectivity index (χ3n) is 4.71. The summed E-state index contributed by atoms with van der Waals surface area (Å²) in [4.78, 5) is 14.6. The topological polar surface area (TPSA) is 55.6 Å². The molecule has 128 valence electrons. The van der Waals surface area contributed by atoms with E-state index in [2.05, 4.69) is 12.1 Å². The highest BCUT2D eigenvalue weighted by Crippen LogP contribution is 2.49. The van der Waals surface area contributed by atoms with Gasteiger partial charge in [0.2, 0.25) is 5.91 Å². The molecule has 1 fully saturated rings. The molecule has 0 saturated heterocycles. The predicted molar refractivity (Wildman–Crippen MR) is 91.9 cm³/mol. The van der Waals surface area contributed by atoms with Crippen molar-refractivity contribution < 1.29 is 14.1 Å². The first-order chi connectivity index (χ1) is 11.6. The molecule has 0 aliphatic heterocycles. The van der Waals surface area contributed by atoms with Crippen LogP contribution < -0.4 is 4.74 Å². The summed E-state index contributed by atoms with van der Waals surface area (Å²) in [6.07, 6.45) is 3.78. The quantitative estimate of drug-likeness (QED) is 0.778. The van der Waals surface area contributed by atoms with Crippen LogP contribution in [-0.4, -0.2) is 36.7 Å². The largest absolute Gasteiger partial charge is 0.497 e.